The van der Waals surface area contributed by atoms with Crippen LogP contribution in [0.1, 0.15) is 57.8 Å². The second-order valence-electron chi connectivity index (χ2n) is 7.21. The molecule has 0 aromatic carbocycles. The van der Waals surface area contributed by atoms with Gasteiger partial charge in [-0.05, 0) is 44.1 Å². The number of hydrogen-bond donors (Lipinski definition) is 2. The Morgan fingerprint density at radius 3 is 2.42 bits per heavy atom. The SMILES string of the molecule is NCC1(CNC2CCN(C3CC3)C2)CCCCCC1. The van der Waals surface area contributed by atoms with Gasteiger partial charge in [-0.1, -0.05) is 25.7 Å². The molecule has 3 heteroatoms. The van der Waals surface area contributed by atoms with Crippen LogP contribution in [0.5, 0.6) is 0 Å². The van der Waals surface area contributed by atoms with Gasteiger partial charge in [0.05, 0.1) is 0 Å². The van der Waals surface area contributed by atoms with Crippen molar-refractivity contribution >= 4 is 0 Å². The number of hydrogen-bond acceptors (Lipinski definition) is 3. The summed E-state index contributed by atoms with van der Waals surface area (Å²) in [4.78, 5) is 2.69. The Morgan fingerprint density at radius 1 is 1.05 bits per heavy atom. The summed E-state index contributed by atoms with van der Waals surface area (Å²) in [5.41, 5.74) is 6.53. The molecule has 0 spiro atoms. The van der Waals surface area contributed by atoms with E-state index in [1.807, 2.05) is 0 Å². The third-order valence-corrected chi connectivity index (χ3v) is 5.65. The lowest BCUT2D eigenvalue weighted by atomic mass is 9.80. The smallest absolute Gasteiger partial charge is 0.0207 e. The van der Waals surface area contributed by atoms with Crippen LogP contribution in [0.3, 0.4) is 0 Å². The van der Waals surface area contributed by atoms with Crippen LogP contribution in [0.25, 0.3) is 0 Å². The number of nitrogens with one attached hydrogen (secondary N) is 1. The van der Waals surface area contributed by atoms with E-state index in [2.05, 4.69) is 10.2 Å². The van der Waals surface area contributed by atoms with E-state index >= 15 is 0 Å². The van der Waals surface area contributed by atoms with Crippen molar-refractivity contribution in [1.29, 1.82) is 0 Å². The molecule has 3 rings (SSSR count). The van der Waals surface area contributed by atoms with Crippen molar-refractivity contribution in [2.45, 2.75) is 69.9 Å². The Morgan fingerprint density at radius 2 is 1.79 bits per heavy atom. The van der Waals surface area contributed by atoms with E-state index < -0.39 is 0 Å². The average Bonchev–Trinajstić information content (AvgIpc) is 3.22. The number of nitrogens with zero attached hydrogens (tertiary/aromatic N) is 1. The van der Waals surface area contributed by atoms with E-state index in [0.717, 1.165) is 25.2 Å². The van der Waals surface area contributed by atoms with Crippen LogP contribution in [0, 0.1) is 5.41 Å². The van der Waals surface area contributed by atoms with Crippen molar-refractivity contribution in [2.24, 2.45) is 11.1 Å². The highest BCUT2D eigenvalue weighted by molar-refractivity contribution is 4.93. The van der Waals surface area contributed by atoms with Gasteiger partial charge in [0.2, 0.25) is 0 Å². The summed E-state index contributed by atoms with van der Waals surface area (Å²) in [5, 5.41) is 3.86. The van der Waals surface area contributed by atoms with Crippen LogP contribution in [0.2, 0.25) is 0 Å². The molecule has 1 atom stereocenters. The zero-order chi connectivity index (χ0) is 13.1. The molecule has 0 radical (unpaired) electrons. The largest absolute Gasteiger partial charge is 0.330 e. The highest BCUT2D eigenvalue weighted by Crippen LogP contribution is 2.34. The first-order chi connectivity index (χ1) is 9.31. The van der Waals surface area contributed by atoms with Crippen molar-refractivity contribution in [1.82, 2.24) is 10.2 Å². The lowest BCUT2D eigenvalue weighted by Crippen LogP contribution is -2.44. The molecule has 0 bridgehead atoms. The minimum Gasteiger partial charge on any atom is -0.330 e. The predicted octanol–water partition coefficient (Wildman–Crippen LogP) is 2.11. The third-order valence-electron chi connectivity index (χ3n) is 5.65. The first kappa shape index (κ1) is 13.8. The summed E-state index contributed by atoms with van der Waals surface area (Å²) >= 11 is 0. The van der Waals surface area contributed by atoms with Crippen LogP contribution in [0.4, 0.5) is 0 Å². The van der Waals surface area contributed by atoms with Gasteiger partial charge >= 0.3 is 0 Å². The summed E-state index contributed by atoms with van der Waals surface area (Å²) in [6.07, 6.45) is 12.5. The second-order valence-corrected chi connectivity index (χ2v) is 7.21. The van der Waals surface area contributed by atoms with Gasteiger partial charge in [0.25, 0.3) is 0 Å². The zero-order valence-corrected chi connectivity index (χ0v) is 12.4. The molecular formula is C16H31N3. The third kappa shape index (κ3) is 3.50. The van der Waals surface area contributed by atoms with Gasteiger partial charge in [-0.2, -0.15) is 0 Å². The molecule has 110 valence electrons. The molecule has 2 aliphatic carbocycles. The fourth-order valence-electron chi connectivity index (χ4n) is 4.02. The first-order valence-corrected chi connectivity index (χ1v) is 8.49. The molecule has 1 saturated heterocycles. The van der Waals surface area contributed by atoms with Crippen LogP contribution >= 0.6 is 0 Å². The summed E-state index contributed by atoms with van der Waals surface area (Å²) in [7, 11) is 0. The molecule has 19 heavy (non-hydrogen) atoms. The highest BCUT2D eigenvalue weighted by atomic mass is 15.2. The minimum absolute atomic E-state index is 0.406. The van der Waals surface area contributed by atoms with Crippen molar-refractivity contribution in [3.8, 4) is 0 Å². The number of nitrogens with two attached hydrogens (primary N) is 1. The average molecular weight is 265 g/mol. The Balaban J connectivity index is 1.46. The molecule has 0 aromatic rings. The van der Waals surface area contributed by atoms with Crippen molar-refractivity contribution in [3.63, 3.8) is 0 Å². The maximum Gasteiger partial charge on any atom is 0.0207 e. The normalized spacial score (nSPS) is 32.4. The van der Waals surface area contributed by atoms with E-state index in [1.165, 1.54) is 70.9 Å². The van der Waals surface area contributed by atoms with Crippen LogP contribution < -0.4 is 11.1 Å². The first-order valence-electron chi connectivity index (χ1n) is 8.49. The molecule has 0 aromatic heterocycles. The molecule has 3 fully saturated rings. The summed E-state index contributed by atoms with van der Waals surface area (Å²) in [5.74, 6) is 0. The fourth-order valence-corrected chi connectivity index (χ4v) is 4.02. The topological polar surface area (TPSA) is 41.3 Å². The van der Waals surface area contributed by atoms with Gasteiger partial charge in [0.1, 0.15) is 0 Å². The van der Waals surface area contributed by atoms with Gasteiger partial charge in [0, 0.05) is 31.7 Å². The van der Waals surface area contributed by atoms with Gasteiger partial charge in [0.15, 0.2) is 0 Å². The Bertz CT molecular complexity index is 280. The summed E-state index contributed by atoms with van der Waals surface area (Å²) in [6.45, 7) is 4.63. The molecule has 1 aliphatic heterocycles. The maximum absolute atomic E-state index is 6.13. The summed E-state index contributed by atoms with van der Waals surface area (Å²) in [6, 6.07) is 1.67. The molecule has 0 amide bonds. The second kappa shape index (κ2) is 6.11. The lowest BCUT2D eigenvalue weighted by Gasteiger charge is -2.33. The standard InChI is InChI=1S/C16H31N3/c17-12-16(8-3-1-2-4-9-16)13-18-14-7-10-19(11-14)15-5-6-15/h14-15,18H,1-13,17H2. The molecule has 2 saturated carbocycles. The molecule has 3 nitrogen and oxygen atoms in total. The van der Waals surface area contributed by atoms with E-state index in [4.69, 9.17) is 5.73 Å². The highest BCUT2D eigenvalue weighted by Gasteiger charge is 2.35. The Hall–Kier alpha value is -0.120. The molecule has 3 N–H and O–H groups in total. The quantitative estimate of drug-likeness (QED) is 0.748. The van der Waals surface area contributed by atoms with E-state index in [0.29, 0.717) is 5.41 Å². The Kier molecular flexibility index (Phi) is 4.45. The van der Waals surface area contributed by atoms with Crippen LogP contribution in [0.15, 0.2) is 0 Å². The molecule has 1 unspecified atom stereocenters. The minimum atomic E-state index is 0.406. The molecular weight excluding hydrogens is 234 g/mol. The maximum atomic E-state index is 6.13. The number of likely N-dealkylation sites (tertiary alicyclic amines) is 1. The van der Waals surface area contributed by atoms with Gasteiger partial charge in [-0.3, -0.25) is 4.90 Å². The molecule has 3 aliphatic rings. The van der Waals surface area contributed by atoms with E-state index in [9.17, 15) is 0 Å². The number of rotatable bonds is 5. The van der Waals surface area contributed by atoms with Gasteiger partial charge in [-0.15, -0.1) is 0 Å². The lowest BCUT2D eigenvalue weighted by molar-refractivity contribution is 0.229. The summed E-state index contributed by atoms with van der Waals surface area (Å²) < 4.78 is 0. The monoisotopic (exact) mass is 265 g/mol. The molecule has 1 heterocycles. The van der Waals surface area contributed by atoms with Crippen molar-refractivity contribution in [2.75, 3.05) is 26.2 Å². The zero-order valence-electron chi connectivity index (χ0n) is 12.4. The fraction of sp³-hybridized carbons (Fsp3) is 1.00. The van der Waals surface area contributed by atoms with E-state index in [1.54, 1.807) is 0 Å². The van der Waals surface area contributed by atoms with Crippen LogP contribution in [-0.2, 0) is 0 Å². The Labute approximate surface area is 118 Å². The van der Waals surface area contributed by atoms with E-state index in [-0.39, 0.29) is 0 Å². The van der Waals surface area contributed by atoms with Crippen LogP contribution in [-0.4, -0.2) is 43.2 Å². The predicted molar refractivity (Wildman–Crippen MR) is 80.2 cm³/mol. The van der Waals surface area contributed by atoms with Crippen molar-refractivity contribution < 1.29 is 0 Å². The van der Waals surface area contributed by atoms with Gasteiger partial charge in [-0.25, -0.2) is 0 Å². The van der Waals surface area contributed by atoms with Gasteiger partial charge < -0.3 is 11.1 Å². The van der Waals surface area contributed by atoms with Crippen molar-refractivity contribution in [3.05, 3.63) is 0 Å².